The lowest BCUT2D eigenvalue weighted by Crippen LogP contribution is -2.39. The molecule has 0 saturated heterocycles. The van der Waals surface area contributed by atoms with Crippen LogP contribution in [0.4, 0.5) is 16.0 Å². The summed E-state index contributed by atoms with van der Waals surface area (Å²) in [7, 11) is 0. The fourth-order valence-corrected chi connectivity index (χ4v) is 4.30. The second kappa shape index (κ2) is 8.71. The number of esters is 1. The number of carbonyl (C=O) groups excluding carboxylic acids is 1. The molecule has 1 fully saturated rings. The minimum Gasteiger partial charge on any atom is -0.463 e. The van der Waals surface area contributed by atoms with Gasteiger partial charge in [0, 0.05) is 24.3 Å². The number of halogens is 2. The number of hydrogen-bond acceptors (Lipinski definition) is 7. The highest BCUT2D eigenvalue weighted by Gasteiger charge is 2.34. The number of anilines is 2. The molecule has 2 aromatic heterocycles. The third kappa shape index (κ3) is 4.33. The number of fused-ring (bicyclic) bond motifs is 1. The van der Waals surface area contributed by atoms with Gasteiger partial charge in [0.25, 0.3) is 0 Å². The van der Waals surface area contributed by atoms with Crippen LogP contribution >= 0.6 is 11.6 Å². The molecule has 1 aliphatic heterocycles. The van der Waals surface area contributed by atoms with Crippen molar-refractivity contribution in [2.75, 3.05) is 17.2 Å². The molecule has 3 heterocycles. The summed E-state index contributed by atoms with van der Waals surface area (Å²) in [5.74, 6) is 0.0260. The van der Waals surface area contributed by atoms with Gasteiger partial charge in [-0.15, -0.1) is 0 Å². The highest BCUT2D eigenvalue weighted by molar-refractivity contribution is 6.30. The first-order valence-electron chi connectivity index (χ1n) is 10.3. The van der Waals surface area contributed by atoms with E-state index in [1.807, 2.05) is 19.9 Å². The summed E-state index contributed by atoms with van der Waals surface area (Å²) < 4.78 is 20.0. The van der Waals surface area contributed by atoms with E-state index in [4.69, 9.17) is 16.3 Å². The summed E-state index contributed by atoms with van der Waals surface area (Å²) in [5, 5.41) is 6.89. The van der Waals surface area contributed by atoms with Crippen molar-refractivity contribution in [1.29, 1.82) is 0 Å². The van der Waals surface area contributed by atoms with Crippen LogP contribution in [-0.2, 0) is 9.53 Å². The lowest BCUT2D eigenvalue weighted by Gasteiger charge is -2.31. The van der Waals surface area contributed by atoms with Gasteiger partial charge in [-0.1, -0.05) is 24.4 Å². The molecule has 30 heavy (non-hydrogen) atoms. The van der Waals surface area contributed by atoms with Gasteiger partial charge in [0.05, 0.1) is 29.2 Å². The first kappa shape index (κ1) is 20.8. The second-order valence-electron chi connectivity index (χ2n) is 8.08. The summed E-state index contributed by atoms with van der Waals surface area (Å²) in [4.78, 5) is 25.5. The molecule has 1 saturated carbocycles. The van der Waals surface area contributed by atoms with Gasteiger partial charge in [0.15, 0.2) is 11.6 Å². The Morgan fingerprint density at radius 1 is 1.30 bits per heavy atom. The van der Waals surface area contributed by atoms with Crippen LogP contribution in [0.5, 0.6) is 0 Å². The normalized spacial score (nSPS) is 23.0. The van der Waals surface area contributed by atoms with Crippen LogP contribution < -0.4 is 10.6 Å². The highest BCUT2D eigenvalue weighted by atomic mass is 35.5. The van der Waals surface area contributed by atoms with Gasteiger partial charge in [0.2, 0.25) is 0 Å². The SMILES string of the molecule is CC(C)OC(=O)C1CCCC[C@@H]1Nc1nc(C2CNc3ncc(Cl)cc32)ncc1F. The minimum atomic E-state index is -0.546. The zero-order valence-corrected chi connectivity index (χ0v) is 17.7. The standard InChI is InChI=1S/C21H25ClFN5O2/c1-11(2)30-21(29)13-5-3-4-6-17(13)27-20-16(23)10-26-19(28-20)15-9-25-18-14(15)7-12(22)8-24-18/h7-8,10-11,13,15,17H,3-6,9H2,1-2H3,(H,24,25)(H,26,27,28)/t13?,15?,17-/m0/s1. The Balaban J connectivity index is 1.57. The van der Waals surface area contributed by atoms with Gasteiger partial charge in [-0.05, 0) is 32.8 Å². The topological polar surface area (TPSA) is 89.0 Å². The van der Waals surface area contributed by atoms with Crippen molar-refractivity contribution in [1.82, 2.24) is 15.0 Å². The quantitative estimate of drug-likeness (QED) is 0.685. The first-order valence-corrected chi connectivity index (χ1v) is 10.7. The molecule has 9 heteroatoms. The average molecular weight is 434 g/mol. The number of hydrogen-bond donors (Lipinski definition) is 2. The first-order chi connectivity index (χ1) is 14.4. The Hall–Kier alpha value is -2.48. The minimum absolute atomic E-state index is 0.109. The molecule has 2 aliphatic rings. The Morgan fingerprint density at radius 2 is 2.10 bits per heavy atom. The monoisotopic (exact) mass is 433 g/mol. The predicted octanol–water partition coefficient (Wildman–Crippen LogP) is 4.14. The van der Waals surface area contributed by atoms with Crippen molar-refractivity contribution in [2.45, 2.75) is 57.6 Å². The molecule has 2 unspecified atom stereocenters. The third-order valence-corrected chi connectivity index (χ3v) is 5.76. The molecule has 160 valence electrons. The molecule has 2 aromatic rings. The molecule has 3 atom stereocenters. The Morgan fingerprint density at radius 3 is 2.90 bits per heavy atom. The zero-order chi connectivity index (χ0) is 21.3. The van der Waals surface area contributed by atoms with E-state index in [0.717, 1.165) is 30.6 Å². The van der Waals surface area contributed by atoms with Gasteiger partial charge >= 0.3 is 5.97 Å². The Kier molecular flexibility index (Phi) is 6.04. The van der Waals surface area contributed by atoms with Crippen LogP contribution in [-0.4, -0.2) is 39.6 Å². The van der Waals surface area contributed by atoms with Crippen LogP contribution in [0, 0.1) is 11.7 Å². The van der Waals surface area contributed by atoms with Gasteiger partial charge in [0.1, 0.15) is 11.6 Å². The van der Waals surface area contributed by atoms with Gasteiger partial charge < -0.3 is 15.4 Å². The van der Waals surface area contributed by atoms with E-state index in [9.17, 15) is 9.18 Å². The van der Waals surface area contributed by atoms with Gasteiger partial charge in [-0.3, -0.25) is 4.79 Å². The molecule has 4 rings (SSSR count). The Bertz CT molecular complexity index is 942. The van der Waals surface area contributed by atoms with Crippen LogP contribution in [0.1, 0.15) is 56.8 Å². The van der Waals surface area contributed by atoms with E-state index < -0.39 is 5.82 Å². The molecule has 1 aliphatic carbocycles. The summed E-state index contributed by atoms with van der Waals surface area (Å²) in [5.41, 5.74) is 0.885. The molecule has 0 bridgehead atoms. The number of nitrogens with zero attached hydrogens (tertiary/aromatic N) is 3. The van der Waals surface area contributed by atoms with Crippen molar-refractivity contribution >= 4 is 29.2 Å². The average Bonchev–Trinajstić information content (AvgIpc) is 3.12. The van der Waals surface area contributed by atoms with Crippen molar-refractivity contribution in [3.63, 3.8) is 0 Å². The second-order valence-corrected chi connectivity index (χ2v) is 8.51. The number of pyridine rings is 1. The summed E-state index contributed by atoms with van der Waals surface area (Å²) in [6.07, 6.45) is 5.95. The van der Waals surface area contributed by atoms with Crippen molar-refractivity contribution < 1.29 is 13.9 Å². The van der Waals surface area contributed by atoms with E-state index in [1.165, 1.54) is 6.20 Å². The van der Waals surface area contributed by atoms with Crippen LogP contribution in [0.25, 0.3) is 0 Å². The molecule has 0 radical (unpaired) electrons. The Labute approximate surface area is 179 Å². The lowest BCUT2D eigenvalue weighted by molar-refractivity contribution is -0.153. The van der Waals surface area contributed by atoms with Crippen LogP contribution in [0.3, 0.4) is 0 Å². The molecule has 0 aromatic carbocycles. The molecule has 0 spiro atoms. The van der Waals surface area contributed by atoms with E-state index in [1.54, 1.807) is 6.20 Å². The molecule has 2 N–H and O–H groups in total. The van der Waals surface area contributed by atoms with Crippen LogP contribution in [0.15, 0.2) is 18.5 Å². The summed E-state index contributed by atoms with van der Waals surface area (Å²) in [6, 6.07) is 1.60. The molecule has 7 nitrogen and oxygen atoms in total. The van der Waals surface area contributed by atoms with E-state index >= 15 is 0 Å². The van der Waals surface area contributed by atoms with E-state index in [0.29, 0.717) is 23.8 Å². The fraction of sp³-hybridized carbons (Fsp3) is 0.524. The molecular weight excluding hydrogens is 409 g/mol. The van der Waals surface area contributed by atoms with Crippen LogP contribution in [0.2, 0.25) is 5.02 Å². The number of nitrogens with one attached hydrogen (secondary N) is 2. The van der Waals surface area contributed by atoms with Gasteiger partial charge in [-0.2, -0.15) is 0 Å². The maximum absolute atomic E-state index is 14.6. The maximum atomic E-state index is 14.6. The van der Waals surface area contributed by atoms with Crippen molar-refractivity contribution in [2.24, 2.45) is 5.92 Å². The smallest absolute Gasteiger partial charge is 0.311 e. The fourth-order valence-electron chi connectivity index (χ4n) is 4.14. The number of aromatic nitrogens is 3. The number of ether oxygens (including phenoxy) is 1. The summed E-state index contributed by atoms with van der Waals surface area (Å²) in [6.45, 7) is 4.21. The number of carbonyl (C=O) groups is 1. The number of rotatable bonds is 5. The maximum Gasteiger partial charge on any atom is 0.311 e. The van der Waals surface area contributed by atoms with Gasteiger partial charge in [-0.25, -0.2) is 19.3 Å². The predicted molar refractivity (Wildman–Crippen MR) is 112 cm³/mol. The van der Waals surface area contributed by atoms with E-state index in [2.05, 4.69) is 25.6 Å². The van der Waals surface area contributed by atoms with Crippen molar-refractivity contribution in [3.8, 4) is 0 Å². The van der Waals surface area contributed by atoms with Crippen molar-refractivity contribution in [3.05, 3.63) is 40.7 Å². The molecular formula is C21H25ClFN5O2. The molecule has 0 amide bonds. The van der Waals surface area contributed by atoms with E-state index in [-0.39, 0.29) is 35.8 Å². The lowest BCUT2D eigenvalue weighted by atomic mass is 9.84. The largest absolute Gasteiger partial charge is 0.463 e. The zero-order valence-electron chi connectivity index (χ0n) is 17.0. The summed E-state index contributed by atoms with van der Waals surface area (Å²) >= 11 is 6.10. The third-order valence-electron chi connectivity index (χ3n) is 5.55. The highest BCUT2D eigenvalue weighted by Crippen LogP contribution is 2.35.